The van der Waals surface area contributed by atoms with Crippen molar-refractivity contribution in [1.29, 1.82) is 0 Å². The van der Waals surface area contributed by atoms with Crippen LogP contribution in [0.1, 0.15) is 25.7 Å². The standard InChI is InChI=1S/C14H20BrN3O2/c1-20-5-4-18-14(19)13(15)12(8-16-18)17-11-7-9-2-3-10(11)6-9/h8-11,17H,2-7H2,1H3. The molecule has 5 nitrogen and oxygen atoms in total. The lowest BCUT2D eigenvalue weighted by atomic mass is 9.95. The van der Waals surface area contributed by atoms with Crippen molar-refractivity contribution in [2.24, 2.45) is 11.8 Å². The van der Waals surface area contributed by atoms with Gasteiger partial charge in [-0.3, -0.25) is 4.79 Å². The number of hydrogen-bond acceptors (Lipinski definition) is 4. The summed E-state index contributed by atoms with van der Waals surface area (Å²) in [6.45, 7) is 0.959. The van der Waals surface area contributed by atoms with E-state index in [2.05, 4.69) is 26.3 Å². The third-order valence-electron chi connectivity index (χ3n) is 4.57. The first-order valence-corrected chi connectivity index (χ1v) is 7.99. The molecule has 110 valence electrons. The van der Waals surface area contributed by atoms with Crippen molar-refractivity contribution in [3.05, 3.63) is 21.0 Å². The second-order valence-electron chi connectivity index (χ2n) is 5.82. The summed E-state index contributed by atoms with van der Waals surface area (Å²) in [4.78, 5) is 12.2. The Labute approximate surface area is 126 Å². The molecule has 1 heterocycles. The first kappa shape index (κ1) is 14.1. The van der Waals surface area contributed by atoms with Gasteiger partial charge in [-0.15, -0.1) is 0 Å². The minimum atomic E-state index is -0.102. The number of nitrogens with one attached hydrogen (secondary N) is 1. The molecule has 0 radical (unpaired) electrons. The summed E-state index contributed by atoms with van der Waals surface area (Å²) in [5.74, 6) is 1.65. The van der Waals surface area contributed by atoms with E-state index in [1.807, 2.05) is 0 Å². The van der Waals surface area contributed by atoms with Gasteiger partial charge in [-0.2, -0.15) is 5.10 Å². The minimum Gasteiger partial charge on any atom is -0.383 e. The van der Waals surface area contributed by atoms with Crippen LogP contribution < -0.4 is 10.9 Å². The summed E-state index contributed by atoms with van der Waals surface area (Å²) >= 11 is 3.41. The van der Waals surface area contributed by atoms with E-state index in [-0.39, 0.29) is 5.56 Å². The lowest BCUT2D eigenvalue weighted by Gasteiger charge is -2.24. The fourth-order valence-corrected chi connectivity index (χ4v) is 3.95. The number of hydrogen-bond donors (Lipinski definition) is 1. The smallest absolute Gasteiger partial charge is 0.283 e. The summed E-state index contributed by atoms with van der Waals surface area (Å²) in [6, 6.07) is 0.501. The summed E-state index contributed by atoms with van der Waals surface area (Å²) in [5, 5.41) is 7.72. The average molecular weight is 342 g/mol. The van der Waals surface area contributed by atoms with Gasteiger partial charge >= 0.3 is 0 Å². The second kappa shape index (κ2) is 5.85. The van der Waals surface area contributed by atoms with Crippen molar-refractivity contribution in [3.8, 4) is 0 Å². The van der Waals surface area contributed by atoms with Crippen LogP contribution in [0.2, 0.25) is 0 Å². The lowest BCUT2D eigenvalue weighted by Crippen LogP contribution is -2.30. The summed E-state index contributed by atoms with van der Waals surface area (Å²) < 4.78 is 6.99. The van der Waals surface area contributed by atoms with E-state index in [1.165, 1.54) is 30.4 Å². The number of anilines is 1. The van der Waals surface area contributed by atoms with Crippen molar-refractivity contribution in [2.45, 2.75) is 38.3 Å². The highest BCUT2D eigenvalue weighted by molar-refractivity contribution is 9.10. The zero-order valence-electron chi connectivity index (χ0n) is 11.6. The predicted molar refractivity (Wildman–Crippen MR) is 80.9 cm³/mol. The molecule has 2 bridgehead atoms. The fraction of sp³-hybridized carbons (Fsp3) is 0.714. The Morgan fingerprint density at radius 2 is 2.35 bits per heavy atom. The molecule has 3 rings (SSSR count). The average Bonchev–Trinajstić information content (AvgIpc) is 3.05. The van der Waals surface area contributed by atoms with Crippen molar-refractivity contribution >= 4 is 21.6 Å². The second-order valence-corrected chi connectivity index (χ2v) is 6.61. The van der Waals surface area contributed by atoms with Gasteiger partial charge in [-0.1, -0.05) is 6.42 Å². The summed E-state index contributed by atoms with van der Waals surface area (Å²) in [5.41, 5.74) is 0.719. The molecule has 0 aromatic carbocycles. The van der Waals surface area contributed by atoms with Gasteiger partial charge < -0.3 is 10.1 Å². The highest BCUT2D eigenvalue weighted by Crippen LogP contribution is 2.45. The molecule has 0 aliphatic heterocycles. The van der Waals surface area contributed by atoms with Crippen LogP contribution in [0.15, 0.2) is 15.5 Å². The van der Waals surface area contributed by atoms with E-state index in [9.17, 15) is 4.79 Å². The van der Waals surface area contributed by atoms with E-state index in [0.29, 0.717) is 23.7 Å². The Bertz CT molecular complexity index is 546. The molecule has 0 amide bonds. The molecule has 3 atom stereocenters. The quantitative estimate of drug-likeness (QED) is 0.892. The predicted octanol–water partition coefficient (Wildman–Crippen LogP) is 2.25. The first-order chi connectivity index (χ1) is 9.69. The number of rotatable bonds is 5. The third-order valence-corrected chi connectivity index (χ3v) is 5.34. The van der Waals surface area contributed by atoms with Crippen molar-refractivity contribution in [1.82, 2.24) is 9.78 Å². The Kier molecular flexibility index (Phi) is 4.12. The largest absolute Gasteiger partial charge is 0.383 e. The molecule has 2 fully saturated rings. The van der Waals surface area contributed by atoms with Crippen LogP contribution in [0.4, 0.5) is 5.69 Å². The van der Waals surface area contributed by atoms with Crippen molar-refractivity contribution in [2.75, 3.05) is 19.0 Å². The minimum absolute atomic E-state index is 0.102. The lowest BCUT2D eigenvalue weighted by molar-refractivity contribution is 0.181. The van der Waals surface area contributed by atoms with Gasteiger partial charge in [0.15, 0.2) is 0 Å². The molecule has 2 aliphatic carbocycles. The van der Waals surface area contributed by atoms with Crippen LogP contribution >= 0.6 is 15.9 Å². The van der Waals surface area contributed by atoms with E-state index in [0.717, 1.165) is 17.5 Å². The van der Waals surface area contributed by atoms with Gasteiger partial charge in [0.2, 0.25) is 0 Å². The van der Waals surface area contributed by atoms with E-state index in [4.69, 9.17) is 4.74 Å². The summed E-state index contributed by atoms with van der Waals surface area (Å²) in [7, 11) is 1.62. The van der Waals surface area contributed by atoms with E-state index >= 15 is 0 Å². The van der Waals surface area contributed by atoms with Crippen LogP contribution in [0, 0.1) is 11.8 Å². The van der Waals surface area contributed by atoms with Crippen LogP contribution in [0.5, 0.6) is 0 Å². The topological polar surface area (TPSA) is 56.1 Å². The van der Waals surface area contributed by atoms with Crippen LogP contribution in [0.3, 0.4) is 0 Å². The Morgan fingerprint density at radius 3 is 3.00 bits per heavy atom. The monoisotopic (exact) mass is 341 g/mol. The van der Waals surface area contributed by atoms with Gasteiger partial charge in [-0.25, -0.2) is 4.68 Å². The van der Waals surface area contributed by atoms with E-state index < -0.39 is 0 Å². The van der Waals surface area contributed by atoms with Crippen LogP contribution in [-0.2, 0) is 11.3 Å². The SMILES string of the molecule is COCCn1ncc(NC2CC3CCC2C3)c(Br)c1=O. The molecule has 3 unspecified atom stereocenters. The third kappa shape index (κ3) is 2.63. The normalized spacial score (nSPS) is 28.0. The number of methoxy groups -OCH3 is 1. The zero-order chi connectivity index (χ0) is 14.1. The number of aromatic nitrogens is 2. The Balaban J connectivity index is 1.74. The Morgan fingerprint density at radius 1 is 1.50 bits per heavy atom. The molecule has 20 heavy (non-hydrogen) atoms. The highest BCUT2D eigenvalue weighted by Gasteiger charge is 2.39. The number of nitrogens with zero attached hydrogens (tertiary/aromatic N) is 2. The maximum absolute atomic E-state index is 12.2. The van der Waals surface area contributed by atoms with Gasteiger partial charge in [0, 0.05) is 13.2 Å². The van der Waals surface area contributed by atoms with Gasteiger partial charge in [0.25, 0.3) is 5.56 Å². The molecular formula is C14H20BrN3O2. The van der Waals surface area contributed by atoms with Gasteiger partial charge in [0.1, 0.15) is 4.47 Å². The zero-order valence-corrected chi connectivity index (χ0v) is 13.2. The highest BCUT2D eigenvalue weighted by atomic mass is 79.9. The molecule has 2 aliphatic rings. The van der Waals surface area contributed by atoms with Gasteiger partial charge in [-0.05, 0) is 47.0 Å². The molecule has 1 aromatic heterocycles. The molecule has 1 aromatic rings. The molecular weight excluding hydrogens is 322 g/mol. The van der Waals surface area contributed by atoms with Gasteiger partial charge in [0.05, 0.1) is 25.0 Å². The summed E-state index contributed by atoms with van der Waals surface area (Å²) in [6.07, 6.45) is 7.00. The van der Waals surface area contributed by atoms with Crippen molar-refractivity contribution < 1.29 is 4.74 Å². The molecule has 2 saturated carbocycles. The fourth-order valence-electron chi connectivity index (χ4n) is 3.52. The maximum atomic E-state index is 12.2. The van der Waals surface area contributed by atoms with Crippen molar-refractivity contribution in [3.63, 3.8) is 0 Å². The number of halogens is 1. The molecule has 1 N–H and O–H groups in total. The molecule has 0 spiro atoms. The first-order valence-electron chi connectivity index (χ1n) is 7.20. The van der Waals surface area contributed by atoms with Crippen LogP contribution in [-0.4, -0.2) is 29.5 Å². The van der Waals surface area contributed by atoms with Crippen LogP contribution in [0.25, 0.3) is 0 Å². The maximum Gasteiger partial charge on any atom is 0.283 e. The molecule has 6 heteroatoms. The molecule has 0 saturated heterocycles. The number of ether oxygens (including phenoxy) is 1. The number of fused-ring (bicyclic) bond motifs is 2. The Hall–Kier alpha value is -0.880. The van der Waals surface area contributed by atoms with E-state index in [1.54, 1.807) is 13.3 Å².